The Balaban J connectivity index is 1.68. The van der Waals surface area contributed by atoms with Crippen molar-refractivity contribution in [2.45, 2.75) is 44.1 Å². The van der Waals surface area contributed by atoms with Crippen molar-refractivity contribution in [3.05, 3.63) is 126 Å². The minimum absolute atomic E-state index is 0.0115. The van der Waals surface area contributed by atoms with Crippen LogP contribution in [-0.2, 0) is 20.9 Å². The third-order valence-corrected chi connectivity index (χ3v) is 12.7. The molecule has 230 valence electrons. The maximum absolute atomic E-state index is 14.3. The fraction of sp³-hybridized carbons (Fsp3) is 0.278. The Morgan fingerprint density at radius 2 is 1.30 bits per heavy atom. The molecule has 0 unspecified atom stereocenters. The number of carbonyl (C=O) groups excluding carboxylic acids is 2. The van der Waals surface area contributed by atoms with Crippen molar-refractivity contribution in [1.82, 2.24) is 4.90 Å². The molecule has 0 bridgehead atoms. The predicted octanol–water partition coefficient (Wildman–Crippen LogP) is 5.51. The lowest BCUT2D eigenvalue weighted by Gasteiger charge is -2.42. The van der Waals surface area contributed by atoms with Gasteiger partial charge < -0.3 is 23.9 Å². The monoisotopic (exact) mass is 611 g/mol. The molecule has 0 aliphatic heterocycles. The van der Waals surface area contributed by atoms with E-state index in [9.17, 15) is 14.4 Å². The number of ketones is 1. The molecule has 4 aromatic rings. The van der Waals surface area contributed by atoms with Gasteiger partial charge in [0.15, 0.2) is 5.78 Å². The van der Waals surface area contributed by atoms with Crippen LogP contribution in [0.4, 0.5) is 4.79 Å². The molecule has 4 rings (SSSR count). The third-order valence-electron chi connectivity index (χ3n) is 8.20. The average molecular weight is 612 g/mol. The summed E-state index contributed by atoms with van der Waals surface area (Å²) in [7, 11) is 1.17. The molecule has 0 aromatic heterocycles. The van der Waals surface area contributed by atoms with Crippen molar-refractivity contribution in [2.75, 3.05) is 21.3 Å². The number of Topliss-reactive ketones (excluding diaryl/α,β-unsaturated/α-hetero) is 1. The number of amides is 1. The Labute approximate surface area is 261 Å². The number of hydrogen-bond donors (Lipinski definition) is 1. The maximum Gasteiger partial charge on any atom is 0.410 e. The van der Waals surface area contributed by atoms with Gasteiger partial charge in [-0.25, -0.2) is 4.79 Å². The molecule has 0 spiro atoms. The Bertz CT molecular complexity index is 1460. The van der Waals surface area contributed by atoms with Crippen LogP contribution in [0.5, 0.6) is 5.75 Å². The van der Waals surface area contributed by atoms with E-state index >= 15 is 0 Å². The number of methoxy groups -OCH3 is 2. The molecule has 0 fully saturated rings. The van der Waals surface area contributed by atoms with Gasteiger partial charge in [-0.15, -0.1) is 0 Å². The van der Waals surface area contributed by atoms with E-state index in [1.54, 1.807) is 26.3 Å². The summed E-state index contributed by atoms with van der Waals surface area (Å²) < 4.78 is 16.9. The third kappa shape index (κ3) is 7.10. The molecule has 0 aliphatic rings. The summed E-state index contributed by atoms with van der Waals surface area (Å²) in [6.45, 7) is 3.96. The molecule has 1 amide bonds. The lowest BCUT2D eigenvalue weighted by Crippen LogP contribution is -2.66. The van der Waals surface area contributed by atoms with E-state index in [0.717, 1.165) is 15.9 Å². The summed E-state index contributed by atoms with van der Waals surface area (Å²) in [5, 5.41) is 0.776. The average Bonchev–Trinajstić information content (AvgIpc) is 3.06. The second-order valence-electron chi connectivity index (χ2n) is 11.5. The molecule has 1 N–H and O–H groups in total. The van der Waals surface area contributed by atoms with E-state index in [1.807, 2.05) is 117 Å². The van der Waals surface area contributed by atoms with Crippen LogP contribution in [0.3, 0.4) is 0 Å². The predicted molar refractivity (Wildman–Crippen MR) is 175 cm³/mol. The molecule has 44 heavy (non-hydrogen) atoms. The van der Waals surface area contributed by atoms with Crippen LogP contribution < -0.4 is 15.1 Å². The van der Waals surface area contributed by atoms with Crippen LogP contribution in [0.15, 0.2) is 115 Å². The molecule has 0 saturated heterocycles. The van der Waals surface area contributed by atoms with Crippen LogP contribution in [0, 0.1) is 0 Å². The number of nitrogens with zero attached hydrogens (tertiary/aromatic N) is 1. The van der Waals surface area contributed by atoms with Gasteiger partial charge >= 0.3 is 6.09 Å². The minimum Gasteiger partial charge on any atom is -0.497 e. The Hall–Kier alpha value is -4.24. The highest BCUT2D eigenvalue weighted by Gasteiger charge is 2.52. The first-order valence-electron chi connectivity index (χ1n) is 14.6. The van der Waals surface area contributed by atoms with Crippen molar-refractivity contribution in [3.63, 3.8) is 0 Å². The van der Waals surface area contributed by atoms with Crippen molar-refractivity contribution >= 4 is 30.6 Å². The SMILES string of the molecule is COc1ccc([C@H]([C@H](OC)C(=O)CC(C)(C)[Si](O)(c2ccccc2)c2ccccc2)N(C)C(=O)OCc2ccccc2)cc1. The van der Waals surface area contributed by atoms with E-state index in [4.69, 9.17) is 14.2 Å². The number of likely N-dealkylation sites (N-methyl/N-ethyl adjacent to an activating group) is 1. The van der Waals surface area contributed by atoms with E-state index in [-0.39, 0.29) is 18.8 Å². The highest BCUT2D eigenvalue weighted by atomic mass is 28.4. The largest absolute Gasteiger partial charge is 0.497 e. The smallest absolute Gasteiger partial charge is 0.410 e. The van der Waals surface area contributed by atoms with Crippen LogP contribution in [0.25, 0.3) is 0 Å². The van der Waals surface area contributed by atoms with Gasteiger partial charge in [-0.3, -0.25) is 4.79 Å². The van der Waals surface area contributed by atoms with Gasteiger partial charge in [0.25, 0.3) is 8.32 Å². The summed E-state index contributed by atoms with van der Waals surface area (Å²) in [4.78, 5) is 41.7. The second kappa shape index (κ2) is 14.5. The van der Waals surface area contributed by atoms with Crippen molar-refractivity contribution < 1.29 is 28.6 Å². The topological polar surface area (TPSA) is 85.3 Å². The summed E-state index contributed by atoms with van der Waals surface area (Å²) in [5.74, 6) is 0.406. The van der Waals surface area contributed by atoms with Crippen LogP contribution >= 0.6 is 0 Å². The first-order valence-corrected chi connectivity index (χ1v) is 16.5. The quantitative estimate of drug-likeness (QED) is 0.201. The number of benzene rings is 4. The van der Waals surface area contributed by atoms with Crippen molar-refractivity contribution in [3.8, 4) is 5.75 Å². The number of hydrogen-bond acceptors (Lipinski definition) is 6. The molecular formula is C36H41NO6Si. The Morgan fingerprint density at radius 3 is 1.77 bits per heavy atom. The molecule has 0 radical (unpaired) electrons. The summed E-state index contributed by atoms with van der Waals surface area (Å²) >= 11 is 0. The van der Waals surface area contributed by atoms with Crippen molar-refractivity contribution in [2.24, 2.45) is 0 Å². The zero-order valence-corrected chi connectivity index (χ0v) is 27.0. The van der Waals surface area contributed by atoms with E-state index in [1.165, 1.54) is 12.0 Å². The van der Waals surface area contributed by atoms with Gasteiger partial charge in [-0.2, -0.15) is 0 Å². The first-order chi connectivity index (χ1) is 21.1. The summed E-state index contributed by atoms with van der Waals surface area (Å²) in [5.41, 5.74) is 1.53. The number of rotatable bonds is 13. The second-order valence-corrected chi connectivity index (χ2v) is 15.4. The Morgan fingerprint density at radius 1 is 0.795 bits per heavy atom. The zero-order valence-electron chi connectivity index (χ0n) is 26.0. The lowest BCUT2D eigenvalue weighted by molar-refractivity contribution is -0.133. The standard InChI is InChI=1S/C36H41NO6Si/c1-36(2,44(40,30-17-11-7-12-18-30)31-19-13-8-14-20-31)25-32(38)34(42-5)33(28-21-23-29(41-4)24-22-28)37(3)35(39)43-26-27-15-9-6-10-16-27/h6-24,33-34,40H,25-26H2,1-5H3/t33-,34-/m1/s1. The van der Waals surface area contributed by atoms with Gasteiger partial charge in [0.1, 0.15) is 18.5 Å². The van der Waals surface area contributed by atoms with Crippen LogP contribution in [0.2, 0.25) is 5.04 Å². The fourth-order valence-electron chi connectivity index (χ4n) is 5.74. The molecule has 2 atom stereocenters. The van der Waals surface area contributed by atoms with E-state index < -0.39 is 31.6 Å². The Kier molecular flexibility index (Phi) is 10.8. The molecular weight excluding hydrogens is 570 g/mol. The van der Waals surface area contributed by atoms with E-state index in [0.29, 0.717) is 11.3 Å². The fourth-order valence-corrected chi connectivity index (χ4v) is 9.42. The minimum atomic E-state index is -3.47. The van der Waals surface area contributed by atoms with Gasteiger partial charge in [-0.1, -0.05) is 117 Å². The zero-order chi connectivity index (χ0) is 31.7. The molecule has 0 saturated carbocycles. The molecule has 0 aliphatic carbocycles. The molecule has 0 heterocycles. The molecule has 4 aromatic carbocycles. The van der Waals surface area contributed by atoms with E-state index in [2.05, 4.69) is 0 Å². The molecule has 8 heteroatoms. The molecule has 7 nitrogen and oxygen atoms in total. The number of carbonyl (C=O) groups is 2. The first kappa shape index (κ1) is 32.7. The maximum atomic E-state index is 14.3. The van der Waals surface area contributed by atoms with Gasteiger partial charge in [-0.05, 0) is 38.7 Å². The van der Waals surface area contributed by atoms with Crippen molar-refractivity contribution in [1.29, 1.82) is 0 Å². The number of ether oxygens (including phenoxy) is 3. The normalized spacial score (nSPS) is 13.0. The lowest BCUT2D eigenvalue weighted by atomic mass is 9.92. The highest BCUT2D eigenvalue weighted by Crippen LogP contribution is 2.41. The summed E-state index contributed by atoms with van der Waals surface area (Å²) in [6, 6.07) is 34.9. The highest BCUT2D eigenvalue weighted by molar-refractivity contribution is 6.98. The van der Waals surface area contributed by atoms with Crippen LogP contribution in [0.1, 0.15) is 37.4 Å². The summed E-state index contributed by atoms with van der Waals surface area (Å²) in [6.07, 6.45) is -1.62. The van der Waals surface area contributed by atoms with Crippen LogP contribution in [-0.4, -0.2) is 57.3 Å². The van der Waals surface area contributed by atoms with Gasteiger partial charge in [0.2, 0.25) is 0 Å². The van der Waals surface area contributed by atoms with Gasteiger partial charge in [0.05, 0.1) is 13.2 Å². The van der Waals surface area contributed by atoms with Gasteiger partial charge in [0, 0.05) is 20.6 Å².